The maximum absolute atomic E-state index is 12.4. The Morgan fingerprint density at radius 2 is 1.95 bits per heavy atom. The van der Waals surface area contributed by atoms with E-state index in [1.54, 1.807) is 0 Å². The van der Waals surface area contributed by atoms with Crippen LogP contribution in [0.2, 0.25) is 0 Å². The fraction of sp³-hybridized carbons (Fsp3) is 0.781. The van der Waals surface area contributed by atoms with E-state index in [1.807, 2.05) is 34.6 Å². The van der Waals surface area contributed by atoms with Crippen LogP contribution in [-0.2, 0) is 4.74 Å². The fourth-order valence-corrected chi connectivity index (χ4v) is 7.22. The minimum Gasteiger partial charge on any atom is -0.444 e. The van der Waals surface area contributed by atoms with Crippen molar-refractivity contribution < 1.29 is 19.7 Å². The van der Waals surface area contributed by atoms with Gasteiger partial charge in [0.15, 0.2) is 0 Å². The molecule has 0 spiro atoms. The van der Waals surface area contributed by atoms with Crippen LogP contribution >= 0.6 is 0 Å². The Bertz CT molecular complexity index is 903. The van der Waals surface area contributed by atoms with Gasteiger partial charge in [0.05, 0.1) is 17.7 Å². The van der Waals surface area contributed by atoms with Crippen LogP contribution in [0.1, 0.15) is 113 Å². The molecule has 0 saturated heterocycles. The molecule has 0 aromatic rings. The van der Waals surface area contributed by atoms with Crippen molar-refractivity contribution >= 4 is 6.09 Å². The molecule has 5 nitrogen and oxygen atoms in total. The Morgan fingerprint density at radius 1 is 1.24 bits per heavy atom. The number of amides is 1. The summed E-state index contributed by atoms with van der Waals surface area (Å²) >= 11 is 0. The standard InChI is InChI=1S/C32H53NO4/c1-21(11-9-17-31(6,7)36)26-15-16-27-23(12-10-18-32(26,27)8)13-14-24-19-25(34)20-28(22(24)2)33-29(35)37-30(3,4)5/h12-14,21,25-28,34,36H,9-11,15-20H2,1-8H3,(H,33,35)/b14-13-/t21-,25-,26-,27+,28+,32-/m1/s1. The zero-order chi connectivity index (χ0) is 27.6. The zero-order valence-electron chi connectivity index (χ0n) is 24.7. The summed E-state index contributed by atoms with van der Waals surface area (Å²) in [6, 6.07) is -0.218. The van der Waals surface area contributed by atoms with Gasteiger partial charge in [0.2, 0.25) is 0 Å². The Kier molecular flexibility index (Phi) is 9.44. The molecule has 3 aliphatic rings. The normalized spacial score (nSPS) is 31.8. The number of hydrogen-bond acceptors (Lipinski definition) is 4. The molecule has 37 heavy (non-hydrogen) atoms. The largest absolute Gasteiger partial charge is 0.444 e. The number of carbonyl (C=O) groups is 1. The lowest BCUT2D eigenvalue weighted by molar-refractivity contribution is 0.0489. The zero-order valence-corrected chi connectivity index (χ0v) is 24.7. The van der Waals surface area contributed by atoms with Crippen molar-refractivity contribution in [2.45, 2.75) is 137 Å². The Balaban J connectivity index is 1.69. The van der Waals surface area contributed by atoms with Crippen LogP contribution in [0.5, 0.6) is 0 Å². The third-order valence-corrected chi connectivity index (χ3v) is 9.17. The van der Waals surface area contributed by atoms with E-state index in [1.165, 1.54) is 31.3 Å². The number of alkyl carbamates (subject to hydrolysis) is 1. The molecule has 0 heterocycles. The summed E-state index contributed by atoms with van der Waals surface area (Å²) in [5.74, 6) is 1.96. The predicted molar refractivity (Wildman–Crippen MR) is 151 cm³/mol. The molecular weight excluding hydrogens is 462 g/mol. The van der Waals surface area contributed by atoms with E-state index in [0.717, 1.165) is 36.3 Å². The van der Waals surface area contributed by atoms with Gasteiger partial charge in [0, 0.05) is 0 Å². The fourth-order valence-electron chi connectivity index (χ4n) is 7.22. The Morgan fingerprint density at radius 3 is 2.59 bits per heavy atom. The van der Waals surface area contributed by atoms with E-state index in [-0.39, 0.29) is 6.04 Å². The van der Waals surface area contributed by atoms with Gasteiger partial charge in [-0.3, -0.25) is 0 Å². The van der Waals surface area contributed by atoms with E-state index >= 15 is 0 Å². The van der Waals surface area contributed by atoms with Gasteiger partial charge < -0.3 is 20.3 Å². The van der Waals surface area contributed by atoms with Crippen LogP contribution in [0, 0.1) is 23.2 Å². The van der Waals surface area contributed by atoms with Gasteiger partial charge in [-0.25, -0.2) is 4.79 Å². The molecular formula is C32H53NO4. The highest BCUT2D eigenvalue weighted by molar-refractivity contribution is 5.69. The van der Waals surface area contributed by atoms with Gasteiger partial charge in [-0.2, -0.15) is 0 Å². The van der Waals surface area contributed by atoms with Crippen LogP contribution in [0.4, 0.5) is 4.79 Å². The second-order valence-electron chi connectivity index (χ2n) is 14.0. The number of aliphatic hydroxyl groups excluding tert-OH is 1. The minimum absolute atomic E-state index is 0.218. The molecule has 5 heteroatoms. The van der Waals surface area contributed by atoms with Gasteiger partial charge in [-0.15, -0.1) is 0 Å². The summed E-state index contributed by atoms with van der Waals surface area (Å²) in [5.41, 5.74) is 2.85. The highest BCUT2D eigenvalue weighted by atomic mass is 16.6. The lowest BCUT2D eigenvalue weighted by Gasteiger charge is -2.43. The summed E-state index contributed by atoms with van der Waals surface area (Å²) < 4.78 is 5.45. The first kappa shape index (κ1) is 30.0. The summed E-state index contributed by atoms with van der Waals surface area (Å²) in [6.45, 7) is 16.4. The molecule has 0 radical (unpaired) electrons. The van der Waals surface area contributed by atoms with Crippen LogP contribution in [0.25, 0.3) is 0 Å². The highest BCUT2D eigenvalue weighted by Crippen LogP contribution is 2.58. The maximum Gasteiger partial charge on any atom is 0.408 e. The summed E-state index contributed by atoms with van der Waals surface area (Å²) in [5, 5.41) is 23.6. The SMILES string of the molecule is CC1=C(/C=C\C2=CCC[C@]3(C)[C@@H]([C@H](C)CCCC(C)(C)O)CC[C@@H]23)C[C@@H](O)C[C@@H]1NC(=O)OC(C)(C)C. The number of nitrogens with one attached hydrogen (secondary N) is 1. The van der Waals surface area contributed by atoms with Crippen molar-refractivity contribution in [3.8, 4) is 0 Å². The number of allylic oxidation sites excluding steroid dienone is 4. The molecule has 0 aromatic heterocycles. The number of aliphatic hydroxyl groups is 2. The van der Waals surface area contributed by atoms with E-state index in [0.29, 0.717) is 30.1 Å². The van der Waals surface area contributed by atoms with Crippen LogP contribution in [-0.4, -0.2) is 39.7 Å². The first-order chi connectivity index (χ1) is 17.1. The van der Waals surface area contributed by atoms with Crippen molar-refractivity contribution in [3.05, 3.63) is 34.9 Å². The molecule has 210 valence electrons. The molecule has 1 amide bonds. The first-order valence-corrected chi connectivity index (χ1v) is 14.6. The molecule has 0 aliphatic heterocycles. The van der Waals surface area contributed by atoms with Crippen molar-refractivity contribution in [2.24, 2.45) is 23.2 Å². The van der Waals surface area contributed by atoms with Gasteiger partial charge >= 0.3 is 6.09 Å². The van der Waals surface area contributed by atoms with Gasteiger partial charge in [0.1, 0.15) is 5.60 Å². The van der Waals surface area contributed by atoms with Crippen molar-refractivity contribution in [3.63, 3.8) is 0 Å². The average Bonchev–Trinajstić information content (AvgIpc) is 3.10. The number of rotatable bonds is 8. The average molecular weight is 516 g/mol. The monoisotopic (exact) mass is 515 g/mol. The van der Waals surface area contributed by atoms with E-state index in [4.69, 9.17) is 4.74 Å². The molecule has 6 atom stereocenters. The molecule has 1 saturated carbocycles. The molecule has 3 rings (SSSR count). The summed E-state index contributed by atoms with van der Waals surface area (Å²) in [6.07, 6.45) is 15.1. The molecule has 0 bridgehead atoms. The number of carbonyl (C=O) groups excluding carboxylic acids is 1. The molecule has 3 N–H and O–H groups in total. The number of hydrogen-bond donors (Lipinski definition) is 3. The third kappa shape index (κ3) is 7.95. The molecule has 0 aromatic carbocycles. The smallest absolute Gasteiger partial charge is 0.408 e. The maximum atomic E-state index is 12.4. The lowest BCUT2D eigenvalue weighted by Crippen LogP contribution is -2.43. The van der Waals surface area contributed by atoms with E-state index in [2.05, 4.69) is 44.3 Å². The van der Waals surface area contributed by atoms with E-state index < -0.39 is 23.4 Å². The van der Waals surface area contributed by atoms with Crippen LogP contribution in [0.3, 0.4) is 0 Å². The lowest BCUT2D eigenvalue weighted by atomic mass is 9.62. The Labute approximate surface area is 225 Å². The van der Waals surface area contributed by atoms with Crippen LogP contribution < -0.4 is 5.32 Å². The molecule has 1 fully saturated rings. The third-order valence-electron chi connectivity index (χ3n) is 9.17. The van der Waals surface area contributed by atoms with Crippen molar-refractivity contribution in [1.82, 2.24) is 5.32 Å². The first-order valence-electron chi connectivity index (χ1n) is 14.6. The van der Waals surface area contributed by atoms with Gasteiger partial charge in [0.25, 0.3) is 0 Å². The minimum atomic E-state index is -0.575. The molecule has 0 unspecified atom stereocenters. The topological polar surface area (TPSA) is 78.8 Å². The second kappa shape index (κ2) is 11.7. The molecule has 3 aliphatic carbocycles. The van der Waals surface area contributed by atoms with Crippen molar-refractivity contribution in [2.75, 3.05) is 0 Å². The Hall–Kier alpha value is -1.59. The number of ether oxygens (including phenoxy) is 1. The van der Waals surface area contributed by atoms with Gasteiger partial charge in [-0.1, -0.05) is 44.9 Å². The summed E-state index contributed by atoms with van der Waals surface area (Å²) in [4.78, 5) is 12.4. The number of fused-ring (bicyclic) bond motifs is 1. The summed E-state index contributed by atoms with van der Waals surface area (Å²) in [7, 11) is 0. The van der Waals surface area contributed by atoms with Crippen LogP contribution in [0.15, 0.2) is 34.9 Å². The predicted octanol–water partition coefficient (Wildman–Crippen LogP) is 7.24. The quantitative estimate of drug-likeness (QED) is 0.318. The van der Waals surface area contributed by atoms with E-state index in [9.17, 15) is 15.0 Å². The van der Waals surface area contributed by atoms with Gasteiger partial charge in [-0.05, 0) is 126 Å². The second-order valence-corrected chi connectivity index (χ2v) is 14.0. The highest BCUT2D eigenvalue weighted by Gasteiger charge is 2.49. The van der Waals surface area contributed by atoms with Crippen molar-refractivity contribution in [1.29, 1.82) is 0 Å².